The minimum absolute atomic E-state index is 0.438. The second-order valence-corrected chi connectivity index (χ2v) is 11.1. The van der Waals surface area contributed by atoms with Crippen molar-refractivity contribution in [3.63, 3.8) is 0 Å². The molecule has 1 atom stereocenters. The van der Waals surface area contributed by atoms with Crippen molar-refractivity contribution in [2.24, 2.45) is 0 Å². The Hall–Kier alpha value is -3.70. The maximum absolute atomic E-state index is 6.08. The van der Waals surface area contributed by atoms with Gasteiger partial charge in [-0.3, -0.25) is 4.90 Å². The van der Waals surface area contributed by atoms with E-state index in [1.807, 2.05) is 18.5 Å². The van der Waals surface area contributed by atoms with E-state index in [1.165, 1.54) is 22.3 Å². The molecule has 1 N–H and O–H groups in total. The van der Waals surface area contributed by atoms with Crippen molar-refractivity contribution in [3.05, 3.63) is 161 Å². The Morgan fingerprint density at radius 1 is 0.775 bits per heavy atom. The van der Waals surface area contributed by atoms with Crippen LogP contribution in [0.25, 0.3) is 0 Å². The first-order valence-electron chi connectivity index (χ1n) is 14.1. The fourth-order valence-corrected chi connectivity index (χ4v) is 6.19. The predicted molar refractivity (Wildman–Crippen MR) is 164 cm³/mol. The summed E-state index contributed by atoms with van der Waals surface area (Å²) < 4.78 is 2.31. The summed E-state index contributed by atoms with van der Waals surface area (Å²) >= 11 is 6.08. The Kier molecular flexibility index (Phi) is 8.10. The molecule has 1 fully saturated rings. The molecule has 1 aliphatic rings. The van der Waals surface area contributed by atoms with E-state index in [0.717, 1.165) is 49.7 Å². The summed E-state index contributed by atoms with van der Waals surface area (Å²) in [7, 11) is 0. The average Bonchev–Trinajstić information content (AvgIpc) is 3.49. The number of benzene rings is 4. The zero-order valence-electron chi connectivity index (χ0n) is 22.7. The number of piperazine rings is 1. The lowest BCUT2D eigenvalue weighted by atomic mass is 9.77. The molecule has 0 spiro atoms. The first-order valence-corrected chi connectivity index (χ1v) is 14.5. The van der Waals surface area contributed by atoms with Crippen LogP contribution >= 0.6 is 11.6 Å². The van der Waals surface area contributed by atoms with E-state index in [2.05, 4.69) is 124 Å². The van der Waals surface area contributed by atoms with Crippen molar-refractivity contribution in [2.45, 2.75) is 31.0 Å². The number of nitrogens with one attached hydrogen (secondary N) is 1. The van der Waals surface area contributed by atoms with Gasteiger partial charge in [0.2, 0.25) is 0 Å². The Morgan fingerprint density at radius 3 is 1.93 bits per heavy atom. The lowest BCUT2D eigenvalue weighted by Crippen LogP contribution is -2.50. The minimum Gasteiger partial charge on any atom is -0.319 e. The van der Waals surface area contributed by atoms with Crippen molar-refractivity contribution in [2.75, 3.05) is 19.6 Å². The zero-order chi connectivity index (χ0) is 27.2. The summed E-state index contributed by atoms with van der Waals surface area (Å²) in [5.74, 6) is 0. The summed E-state index contributed by atoms with van der Waals surface area (Å²) in [6.07, 6.45) is 6.24. The van der Waals surface area contributed by atoms with Crippen LogP contribution in [0.5, 0.6) is 0 Å². The molecule has 6 rings (SSSR count). The molecule has 0 bridgehead atoms. The Morgan fingerprint density at radius 2 is 1.35 bits per heavy atom. The van der Waals surface area contributed by atoms with E-state index >= 15 is 0 Å². The van der Waals surface area contributed by atoms with Gasteiger partial charge < -0.3 is 9.88 Å². The summed E-state index contributed by atoms with van der Waals surface area (Å²) in [5, 5.41) is 4.52. The van der Waals surface area contributed by atoms with Gasteiger partial charge in [-0.2, -0.15) is 0 Å². The van der Waals surface area contributed by atoms with Crippen LogP contribution in [-0.2, 0) is 18.5 Å². The van der Waals surface area contributed by atoms with Crippen molar-refractivity contribution in [1.29, 1.82) is 0 Å². The van der Waals surface area contributed by atoms with E-state index < -0.39 is 5.54 Å². The number of hydrogen-bond donors (Lipinski definition) is 1. The van der Waals surface area contributed by atoms with Gasteiger partial charge >= 0.3 is 0 Å². The lowest BCUT2D eigenvalue weighted by Gasteiger charge is -2.37. The number of halogens is 1. The summed E-state index contributed by atoms with van der Waals surface area (Å²) in [4.78, 5) is 7.48. The molecule has 0 saturated carbocycles. The van der Waals surface area contributed by atoms with Gasteiger partial charge in [0.05, 0.1) is 12.0 Å². The van der Waals surface area contributed by atoms with Crippen molar-refractivity contribution in [3.8, 4) is 0 Å². The zero-order valence-corrected chi connectivity index (χ0v) is 23.4. The van der Waals surface area contributed by atoms with Crippen molar-refractivity contribution in [1.82, 2.24) is 19.8 Å². The Bertz CT molecular complexity index is 1390. The summed E-state index contributed by atoms with van der Waals surface area (Å²) in [5.41, 5.74) is 5.54. The van der Waals surface area contributed by atoms with Gasteiger partial charge in [-0.25, -0.2) is 4.98 Å². The molecular weight excluding hydrogens is 512 g/mol. The number of nitrogens with zero attached hydrogens (tertiary/aromatic N) is 3. The molecule has 202 valence electrons. The third-order valence-corrected chi connectivity index (χ3v) is 8.26. The topological polar surface area (TPSA) is 33.1 Å². The van der Waals surface area contributed by atoms with Crippen LogP contribution < -0.4 is 5.32 Å². The molecule has 5 heteroatoms. The smallest absolute Gasteiger partial charge is 0.121 e. The van der Waals surface area contributed by atoms with E-state index in [-0.39, 0.29) is 0 Å². The molecule has 2 heterocycles. The van der Waals surface area contributed by atoms with Gasteiger partial charge in [0.1, 0.15) is 5.54 Å². The Labute approximate surface area is 242 Å². The molecule has 1 saturated heterocycles. The number of rotatable bonds is 9. The van der Waals surface area contributed by atoms with Gasteiger partial charge in [0.15, 0.2) is 0 Å². The molecule has 0 aliphatic carbocycles. The van der Waals surface area contributed by atoms with E-state index in [4.69, 9.17) is 16.6 Å². The van der Waals surface area contributed by atoms with Gasteiger partial charge in [0.25, 0.3) is 0 Å². The van der Waals surface area contributed by atoms with Crippen LogP contribution in [0, 0.1) is 0 Å². The van der Waals surface area contributed by atoms with Gasteiger partial charge in [-0.15, -0.1) is 0 Å². The third-order valence-electron chi connectivity index (χ3n) is 8.01. The largest absolute Gasteiger partial charge is 0.319 e. The predicted octanol–water partition coefficient (Wildman–Crippen LogP) is 6.78. The van der Waals surface area contributed by atoms with Crippen LogP contribution in [0.3, 0.4) is 0 Å². The van der Waals surface area contributed by atoms with Crippen LogP contribution in [-0.4, -0.2) is 40.1 Å². The van der Waals surface area contributed by atoms with Gasteiger partial charge in [0, 0.05) is 43.4 Å². The third kappa shape index (κ3) is 5.62. The first-order chi connectivity index (χ1) is 19.7. The Balaban J connectivity index is 1.25. The number of hydrogen-bond acceptors (Lipinski definition) is 3. The van der Waals surface area contributed by atoms with Crippen LogP contribution in [0.15, 0.2) is 128 Å². The highest BCUT2D eigenvalue weighted by Gasteiger charge is 2.38. The van der Waals surface area contributed by atoms with Crippen molar-refractivity contribution < 1.29 is 0 Å². The molecule has 4 aromatic carbocycles. The highest BCUT2D eigenvalue weighted by Crippen LogP contribution is 2.40. The maximum atomic E-state index is 6.08. The molecule has 1 aromatic heterocycles. The average molecular weight is 547 g/mol. The second-order valence-electron chi connectivity index (χ2n) is 10.6. The van der Waals surface area contributed by atoms with E-state index in [0.29, 0.717) is 6.04 Å². The molecule has 4 nitrogen and oxygen atoms in total. The van der Waals surface area contributed by atoms with E-state index in [1.54, 1.807) is 0 Å². The van der Waals surface area contributed by atoms with Gasteiger partial charge in [-0.05, 0) is 47.2 Å². The SMILES string of the molecule is Clc1ccc(CN2CCNC(CCc3cn(C(c4ccccc4)(c4ccccc4)c4ccccc4)cn3)C2)cc1. The number of imidazole rings is 1. The van der Waals surface area contributed by atoms with Crippen LogP contribution in [0.1, 0.15) is 34.4 Å². The fourth-order valence-electron chi connectivity index (χ4n) is 6.06. The normalized spacial score (nSPS) is 16.2. The fraction of sp³-hybridized carbons (Fsp3) is 0.229. The van der Waals surface area contributed by atoms with Crippen LogP contribution in [0.2, 0.25) is 5.02 Å². The summed E-state index contributed by atoms with van der Waals surface area (Å²) in [6.45, 7) is 4.05. The summed E-state index contributed by atoms with van der Waals surface area (Å²) in [6, 6.07) is 41.0. The van der Waals surface area contributed by atoms with Crippen LogP contribution in [0.4, 0.5) is 0 Å². The highest BCUT2D eigenvalue weighted by molar-refractivity contribution is 6.30. The second kappa shape index (κ2) is 12.2. The molecule has 0 radical (unpaired) electrons. The number of aryl methyl sites for hydroxylation is 1. The molecular formula is C35H35ClN4. The molecule has 40 heavy (non-hydrogen) atoms. The molecule has 0 amide bonds. The molecule has 1 unspecified atom stereocenters. The molecule has 5 aromatic rings. The first kappa shape index (κ1) is 26.5. The van der Waals surface area contributed by atoms with E-state index in [9.17, 15) is 0 Å². The monoisotopic (exact) mass is 546 g/mol. The quantitative estimate of drug-likeness (QED) is 0.207. The maximum Gasteiger partial charge on any atom is 0.121 e. The number of aromatic nitrogens is 2. The minimum atomic E-state index is -0.520. The van der Waals surface area contributed by atoms with Crippen molar-refractivity contribution >= 4 is 11.6 Å². The van der Waals surface area contributed by atoms with Gasteiger partial charge in [-0.1, -0.05) is 115 Å². The standard InChI is InChI=1S/C35H35ClN4/c36-32-18-16-28(17-19-32)24-39-23-22-37-33(25-39)20-21-34-26-40(27-38-34)35(29-10-4-1-5-11-29,30-12-6-2-7-13-30)31-14-8-3-9-15-31/h1-19,26-27,33,37H,20-25H2. The highest BCUT2D eigenvalue weighted by atomic mass is 35.5. The molecule has 1 aliphatic heterocycles. The lowest BCUT2D eigenvalue weighted by molar-refractivity contribution is 0.187.